The van der Waals surface area contributed by atoms with Gasteiger partial charge in [-0.25, -0.2) is 4.68 Å². The molecule has 0 saturated carbocycles. The number of nitrogens with zero attached hydrogens (tertiary/aromatic N) is 3. The van der Waals surface area contributed by atoms with E-state index in [-0.39, 0.29) is 17.2 Å². The summed E-state index contributed by atoms with van der Waals surface area (Å²) in [6.07, 6.45) is 1.99. The third kappa shape index (κ3) is 3.15. The van der Waals surface area contributed by atoms with E-state index in [1.807, 2.05) is 0 Å². The Hall–Kier alpha value is -3.48. The van der Waals surface area contributed by atoms with Gasteiger partial charge in [-0.2, -0.15) is 5.10 Å². The van der Waals surface area contributed by atoms with Crippen molar-refractivity contribution in [2.24, 2.45) is 7.05 Å². The summed E-state index contributed by atoms with van der Waals surface area (Å²) in [6.45, 7) is 1.46. The van der Waals surface area contributed by atoms with Crippen molar-refractivity contribution in [1.82, 2.24) is 14.7 Å². The number of anilines is 1. The van der Waals surface area contributed by atoms with Crippen LogP contribution in [0.25, 0.3) is 10.8 Å². The van der Waals surface area contributed by atoms with Gasteiger partial charge in [0, 0.05) is 25.5 Å². The van der Waals surface area contributed by atoms with Crippen LogP contribution in [0.4, 0.5) is 5.69 Å². The zero-order valence-corrected chi connectivity index (χ0v) is 15.5. The van der Waals surface area contributed by atoms with Gasteiger partial charge in [0.15, 0.2) is 5.69 Å². The average molecular weight is 376 g/mol. The number of hydrogen-bond donors (Lipinski definition) is 1. The van der Waals surface area contributed by atoms with E-state index in [4.69, 9.17) is 0 Å². The number of likely N-dealkylation sites (tertiary alicyclic amines) is 1. The SMILES string of the molecule is Cn1nc(C(=O)Nc2ccccc2C(=O)N2CCCC2)c2ccccc2c1=O. The highest BCUT2D eigenvalue weighted by Crippen LogP contribution is 2.22. The minimum absolute atomic E-state index is 0.0910. The average Bonchev–Trinajstić information content (AvgIpc) is 3.25. The van der Waals surface area contributed by atoms with Crippen LogP contribution in [0.3, 0.4) is 0 Å². The smallest absolute Gasteiger partial charge is 0.276 e. The van der Waals surface area contributed by atoms with Gasteiger partial charge >= 0.3 is 0 Å². The molecule has 7 heteroatoms. The quantitative estimate of drug-likeness (QED) is 0.761. The first-order valence-electron chi connectivity index (χ1n) is 9.22. The second-order valence-corrected chi connectivity index (χ2v) is 6.82. The lowest BCUT2D eigenvalue weighted by molar-refractivity contribution is 0.0794. The molecule has 28 heavy (non-hydrogen) atoms. The molecule has 0 radical (unpaired) electrons. The molecule has 1 saturated heterocycles. The first-order valence-corrected chi connectivity index (χ1v) is 9.22. The number of rotatable bonds is 3. The van der Waals surface area contributed by atoms with Crippen LogP contribution in [-0.2, 0) is 7.05 Å². The summed E-state index contributed by atoms with van der Waals surface area (Å²) < 4.78 is 1.15. The topological polar surface area (TPSA) is 84.3 Å². The summed E-state index contributed by atoms with van der Waals surface area (Å²) in [5.41, 5.74) is 0.758. The molecule has 0 atom stereocenters. The van der Waals surface area contributed by atoms with Crippen molar-refractivity contribution in [3.8, 4) is 0 Å². The summed E-state index contributed by atoms with van der Waals surface area (Å²) in [5.74, 6) is -0.555. The predicted molar refractivity (Wildman–Crippen MR) is 107 cm³/mol. The van der Waals surface area contributed by atoms with Gasteiger partial charge in [-0.1, -0.05) is 30.3 Å². The normalized spacial score (nSPS) is 13.7. The van der Waals surface area contributed by atoms with Crippen LogP contribution in [0.15, 0.2) is 53.3 Å². The Balaban J connectivity index is 1.71. The van der Waals surface area contributed by atoms with Crippen molar-refractivity contribution >= 4 is 28.3 Å². The Labute approximate surface area is 161 Å². The molecule has 0 aliphatic carbocycles. The second-order valence-electron chi connectivity index (χ2n) is 6.82. The van der Waals surface area contributed by atoms with Crippen LogP contribution in [0.1, 0.15) is 33.7 Å². The van der Waals surface area contributed by atoms with Crippen LogP contribution in [0, 0.1) is 0 Å². The molecular formula is C21H20N4O3. The molecule has 2 heterocycles. The Morgan fingerprint density at radius 1 is 0.964 bits per heavy atom. The summed E-state index contributed by atoms with van der Waals surface area (Å²) in [6, 6.07) is 13.8. The number of hydrogen-bond acceptors (Lipinski definition) is 4. The van der Waals surface area contributed by atoms with Crippen LogP contribution >= 0.6 is 0 Å². The van der Waals surface area contributed by atoms with Gasteiger partial charge in [0.2, 0.25) is 0 Å². The number of amides is 2. The second kappa shape index (κ2) is 7.26. The summed E-state index contributed by atoms with van der Waals surface area (Å²) in [4.78, 5) is 39.9. The van der Waals surface area contributed by atoms with Crippen molar-refractivity contribution in [2.45, 2.75) is 12.8 Å². The van der Waals surface area contributed by atoms with Crippen molar-refractivity contribution < 1.29 is 9.59 Å². The lowest BCUT2D eigenvalue weighted by atomic mass is 10.1. The standard InChI is InChI=1S/C21H20N4O3/c1-24-20(27)15-9-3-2-8-14(15)18(23-24)19(26)22-17-11-5-4-10-16(17)21(28)25-12-6-7-13-25/h2-5,8-11H,6-7,12-13H2,1H3,(H,22,26). The number of carbonyl (C=O) groups is 2. The number of aromatic nitrogens is 2. The Morgan fingerprint density at radius 2 is 1.61 bits per heavy atom. The van der Waals surface area contributed by atoms with E-state index in [9.17, 15) is 14.4 Å². The molecule has 1 N–H and O–H groups in total. The van der Waals surface area contributed by atoms with Crippen LogP contribution in [0.5, 0.6) is 0 Å². The third-order valence-electron chi connectivity index (χ3n) is 4.97. The van der Waals surface area contributed by atoms with Crippen molar-refractivity contribution in [2.75, 3.05) is 18.4 Å². The van der Waals surface area contributed by atoms with E-state index in [2.05, 4.69) is 10.4 Å². The fourth-order valence-electron chi connectivity index (χ4n) is 3.52. The van der Waals surface area contributed by atoms with Gasteiger partial charge < -0.3 is 10.2 Å². The number of carbonyl (C=O) groups excluding carboxylic acids is 2. The molecule has 0 unspecified atom stereocenters. The summed E-state index contributed by atoms with van der Waals surface area (Å²) >= 11 is 0. The molecule has 142 valence electrons. The fraction of sp³-hybridized carbons (Fsp3) is 0.238. The summed E-state index contributed by atoms with van der Waals surface area (Å²) in [7, 11) is 1.51. The fourth-order valence-corrected chi connectivity index (χ4v) is 3.52. The van der Waals surface area contributed by atoms with E-state index in [1.165, 1.54) is 7.05 Å². The summed E-state index contributed by atoms with van der Waals surface area (Å²) in [5, 5.41) is 7.85. The highest BCUT2D eigenvalue weighted by atomic mass is 16.2. The Kier molecular flexibility index (Phi) is 4.65. The molecule has 1 aliphatic rings. The number of para-hydroxylation sites is 1. The molecule has 2 aromatic carbocycles. The number of nitrogens with one attached hydrogen (secondary N) is 1. The van der Waals surface area contributed by atoms with Gasteiger partial charge in [0.1, 0.15) is 0 Å². The van der Waals surface area contributed by atoms with Gasteiger partial charge in [0.05, 0.1) is 16.6 Å². The maximum absolute atomic E-state index is 13.0. The Morgan fingerprint density at radius 3 is 2.36 bits per heavy atom. The van der Waals surface area contributed by atoms with Gasteiger partial charge in [-0.3, -0.25) is 14.4 Å². The van der Waals surface area contributed by atoms with Crippen LogP contribution in [-0.4, -0.2) is 39.6 Å². The van der Waals surface area contributed by atoms with Crippen molar-refractivity contribution in [3.63, 3.8) is 0 Å². The molecule has 0 bridgehead atoms. The van der Waals surface area contributed by atoms with E-state index < -0.39 is 5.91 Å². The highest BCUT2D eigenvalue weighted by molar-refractivity contribution is 6.13. The Bertz CT molecular complexity index is 1130. The minimum Gasteiger partial charge on any atom is -0.339 e. The van der Waals surface area contributed by atoms with Crippen LogP contribution < -0.4 is 10.9 Å². The molecule has 1 aromatic heterocycles. The van der Waals surface area contributed by atoms with Crippen molar-refractivity contribution in [1.29, 1.82) is 0 Å². The first kappa shape index (κ1) is 17.9. The molecule has 1 aliphatic heterocycles. The van der Waals surface area contributed by atoms with E-state index in [0.29, 0.717) is 22.0 Å². The monoisotopic (exact) mass is 376 g/mol. The molecule has 1 fully saturated rings. The minimum atomic E-state index is -0.464. The maximum Gasteiger partial charge on any atom is 0.276 e. The van der Waals surface area contributed by atoms with Gasteiger partial charge in [0.25, 0.3) is 17.4 Å². The molecule has 3 aromatic rings. The molecular weight excluding hydrogens is 356 g/mol. The van der Waals surface area contributed by atoms with Gasteiger partial charge in [-0.15, -0.1) is 0 Å². The number of aryl methyl sites for hydroxylation is 1. The van der Waals surface area contributed by atoms with E-state index in [1.54, 1.807) is 53.4 Å². The largest absolute Gasteiger partial charge is 0.339 e. The first-order chi connectivity index (χ1) is 13.6. The maximum atomic E-state index is 13.0. The molecule has 4 rings (SSSR count). The van der Waals surface area contributed by atoms with Crippen LogP contribution in [0.2, 0.25) is 0 Å². The third-order valence-corrected chi connectivity index (χ3v) is 4.97. The number of fused-ring (bicyclic) bond motifs is 1. The van der Waals surface area contributed by atoms with E-state index in [0.717, 1.165) is 30.6 Å². The van der Waals surface area contributed by atoms with Crippen molar-refractivity contribution in [3.05, 3.63) is 70.1 Å². The zero-order chi connectivity index (χ0) is 19.7. The predicted octanol–water partition coefficient (Wildman–Crippen LogP) is 2.42. The van der Waals surface area contributed by atoms with Gasteiger partial charge in [-0.05, 0) is 31.0 Å². The number of benzene rings is 2. The zero-order valence-electron chi connectivity index (χ0n) is 15.5. The van der Waals surface area contributed by atoms with E-state index >= 15 is 0 Å². The molecule has 0 spiro atoms. The molecule has 2 amide bonds. The highest BCUT2D eigenvalue weighted by Gasteiger charge is 2.23. The molecule has 7 nitrogen and oxygen atoms in total. The lowest BCUT2D eigenvalue weighted by Crippen LogP contribution is -2.29. The lowest BCUT2D eigenvalue weighted by Gasteiger charge is -2.18.